The summed E-state index contributed by atoms with van der Waals surface area (Å²) in [5.41, 5.74) is -0.247. The number of hydrogen-bond donors (Lipinski definition) is 1. The van der Waals surface area contributed by atoms with Crippen molar-refractivity contribution in [2.24, 2.45) is 11.8 Å². The molecule has 0 aliphatic carbocycles. The van der Waals surface area contributed by atoms with Crippen molar-refractivity contribution in [3.05, 3.63) is 41.7 Å². The molecule has 1 aromatic carbocycles. The number of anilines is 1. The maximum atomic E-state index is 14.5. The van der Waals surface area contributed by atoms with E-state index >= 15 is 0 Å². The van der Waals surface area contributed by atoms with Crippen molar-refractivity contribution >= 4 is 11.9 Å². The van der Waals surface area contributed by atoms with Gasteiger partial charge in [0.25, 0.3) is 0 Å². The van der Waals surface area contributed by atoms with Crippen LogP contribution in [0.5, 0.6) is 11.5 Å². The molecule has 0 spiro atoms. The monoisotopic (exact) mass is 504 g/mol. The molecule has 10 heteroatoms. The molecule has 0 bridgehead atoms. The number of aliphatic hydroxyl groups excluding tert-OH is 1. The summed E-state index contributed by atoms with van der Waals surface area (Å²) >= 11 is 0. The number of aliphatic hydroxyl groups is 1. The molecular weight excluding hydrogens is 470 g/mol. The Morgan fingerprint density at radius 3 is 2.33 bits per heavy atom. The van der Waals surface area contributed by atoms with E-state index in [4.69, 9.17) is 14.6 Å². The number of carbonyl (C=O) groups is 1. The molecule has 8 nitrogen and oxygen atoms in total. The summed E-state index contributed by atoms with van der Waals surface area (Å²) in [6, 6.07) is 2.29. The van der Waals surface area contributed by atoms with Crippen molar-refractivity contribution in [1.29, 1.82) is 0 Å². The van der Waals surface area contributed by atoms with E-state index in [1.54, 1.807) is 12.4 Å². The second-order valence-electron chi connectivity index (χ2n) is 9.46. The number of nitrogens with zero attached hydrogens (tertiary/aromatic N) is 4. The Labute approximate surface area is 210 Å². The molecule has 1 aromatic heterocycles. The number of amides is 1. The highest BCUT2D eigenvalue weighted by atomic mass is 19.1. The first-order valence-electron chi connectivity index (χ1n) is 12.7. The van der Waals surface area contributed by atoms with E-state index in [0.29, 0.717) is 43.9 Å². The van der Waals surface area contributed by atoms with Crippen LogP contribution >= 0.6 is 0 Å². The van der Waals surface area contributed by atoms with Crippen molar-refractivity contribution in [3.8, 4) is 11.5 Å². The smallest absolute Gasteiger partial charge is 0.227 e. The van der Waals surface area contributed by atoms with Crippen molar-refractivity contribution in [2.75, 3.05) is 50.9 Å². The van der Waals surface area contributed by atoms with Crippen molar-refractivity contribution in [2.45, 2.75) is 39.0 Å². The Morgan fingerprint density at radius 2 is 1.72 bits per heavy atom. The Kier molecular flexibility index (Phi) is 8.90. The van der Waals surface area contributed by atoms with Gasteiger partial charge in [0.15, 0.2) is 5.75 Å². The Hall–Kier alpha value is -3.01. The number of aromatic nitrogens is 2. The van der Waals surface area contributed by atoms with Crippen LogP contribution in [0.15, 0.2) is 24.5 Å². The summed E-state index contributed by atoms with van der Waals surface area (Å²) in [4.78, 5) is 24.7. The average molecular weight is 505 g/mol. The first-order valence-corrected chi connectivity index (χ1v) is 12.7. The lowest BCUT2D eigenvalue weighted by molar-refractivity contribution is -0.137. The Balaban J connectivity index is 1.17. The van der Waals surface area contributed by atoms with Gasteiger partial charge in [-0.25, -0.2) is 18.7 Å². The lowest BCUT2D eigenvalue weighted by Crippen LogP contribution is -2.51. The summed E-state index contributed by atoms with van der Waals surface area (Å²) in [7, 11) is 0. The minimum atomic E-state index is -0.776. The van der Waals surface area contributed by atoms with Crippen LogP contribution in [-0.2, 0) is 11.2 Å². The Bertz CT molecular complexity index is 986. The van der Waals surface area contributed by atoms with Gasteiger partial charge in [-0.05, 0) is 38.5 Å². The highest BCUT2D eigenvalue weighted by Crippen LogP contribution is 2.26. The normalized spacial score (nSPS) is 16.7. The average Bonchev–Trinajstić information content (AvgIpc) is 2.85. The van der Waals surface area contributed by atoms with Gasteiger partial charge < -0.3 is 24.4 Å². The van der Waals surface area contributed by atoms with Crippen LogP contribution in [0.25, 0.3) is 0 Å². The van der Waals surface area contributed by atoms with E-state index in [1.807, 2.05) is 6.92 Å². The van der Waals surface area contributed by atoms with Gasteiger partial charge in [-0.2, -0.15) is 0 Å². The van der Waals surface area contributed by atoms with Crippen LogP contribution in [0.4, 0.5) is 14.7 Å². The molecule has 0 unspecified atom stereocenters. The highest BCUT2D eigenvalue weighted by Gasteiger charge is 2.31. The van der Waals surface area contributed by atoms with Gasteiger partial charge in [-0.3, -0.25) is 4.79 Å². The fourth-order valence-corrected chi connectivity index (χ4v) is 4.68. The summed E-state index contributed by atoms with van der Waals surface area (Å²) in [5.74, 6) is 0.235. The molecule has 1 amide bonds. The minimum absolute atomic E-state index is 0.0104. The molecule has 3 heterocycles. The fourth-order valence-electron chi connectivity index (χ4n) is 4.68. The number of hydrogen-bond acceptors (Lipinski definition) is 7. The van der Waals surface area contributed by atoms with E-state index in [2.05, 4.69) is 14.9 Å². The molecular formula is C26H34F2N4O4. The third-order valence-corrected chi connectivity index (χ3v) is 6.86. The fraction of sp³-hybridized carbons (Fsp3) is 0.577. The van der Waals surface area contributed by atoms with Crippen LogP contribution in [0.2, 0.25) is 0 Å². The molecule has 36 heavy (non-hydrogen) atoms. The maximum absolute atomic E-state index is 14.5. The molecule has 0 atom stereocenters. The lowest BCUT2D eigenvalue weighted by atomic mass is 9.92. The second-order valence-corrected chi connectivity index (χ2v) is 9.46. The van der Waals surface area contributed by atoms with Crippen molar-refractivity contribution < 1.29 is 28.2 Å². The molecule has 196 valence electrons. The molecule has 2 aliphatic heterocycles. The number of likely N-dealkylation sites (tertiary alicyclic amines) is 1. The largest absolute Gasteiger partial charge is 0.493 e. The van der Waals surface area contributed by atoms with Crippen LogP contribution in [-0.4, -0.2) is 71.9 Å². The number of ether oxygens (including phenoxy) is 2. The van der Waals surface area contributed by atoms with Gasteiger partial charge in [0.05, 0.1) is 32.0 Å². The first kappa shape index (κ1) is 26.1. The molecule has 0 radical (unpaired) electrons. The maximum Gasteiger partial charge on any atom is 0.227 e. The standard InChI is InChI=1S/C26H34F2N4O4/c1-2-35-21-13-29-26(30-14-21)31-7-5-18(6-8-31)4-3-9-36-20-10-23(27)22(24(28)11-20)12-25(34)32-15-19(16-32)17-33/h10-11,13-14,18-19,33H,2-9,12,15-17H2,1H3. The highest BCUT2D eigenvalue weighted by molar-refractivity contribution is 5.79. The first-order chi connectivity index (χ1) is 17.5. The van der Waals surface area contributed by atoms with Crippen LogP contribution in [0.1, 0.15) is 38.2 Å². The van der Waals surface area contributed by atoms with Crippen molar-refractivity contribution in [1.82, 2.24) is 14.9 Å². The summed E-state index contributed by atoms with van der Waals surface area (Å²) in [6.07, 6.45) is 6.87. The Morgan fingerprint density at radius 1 is 1.06 bits per heavy atom. The van der Waals surface area contributed by atoms with Crippen LogP contribution in [0, 0.1) is 23.5 Å². The SMILES string of the molecule is CCOc1cnc(N2CCC(CCCOc3cc(F)c(CC(=O)N4CC(CO)C4)c(F)c3)CC2)nc1. The van der Waals surface area contributed by atoms with E-state index in [9.17, 15) is 13.6 Å². The zero-order valence-electron chi connectivity index (χ0n) is 20.7. The lowest BCUT2D eigenvalue weighted by Gasteiger charge is -2.38. The quantitative estimate of drug-likeness (QED) is 0.470. The number of carbonyl (C=O) groups excluding carboxylic acids is 1. The second kappa shape index (κ2) is 12.3. The third-order valence-electron chi connectivity index (χ3n) is 6.86. The summed E-state index contributed by atoms with van der Waals surface area (Å²) in [6.45, 7) is 5.50. The number of piperidine rings is 1. The van der Waals surface area contributed by atoms with Crippen LogP contribution in [0.3, 0.4) is 0 Å². The molecule has 1 N–H and O–H groups in total. The molecule has 2 fully saturated rings. The molecule has 2 aliphatic rings. The van der Waals surface area contributed by atoms with Gasteiger partial charge in [0.2, 0.25) is 11.9 Å². The van der Waals surface area contributed by atoms with Gasteiger partial charge in [-0.15, -0.1) is 0 Å². The van der Waals surface area contributed by atoms with E-state index < -0.39 is 11.6 Å². The predicted octanol–water partition coefficient (Wildman–Crippen LogP) is 3.22. The number of rotatable bonds is 11. The van der Waals surface area contributed by atoms with E-state index in [1.165, 1.54) is 4.90 Å². The minimum Gasteiger partial charge on any atom is -0.493 e. The number of halogens is 2. The van der Waals surface area contributed by atoms with Gasteiger partial charge in [0, 0.05) is 56.4 Å². The molecule has 0 saturated carbocycles. The molecule has 2 aromatic rings. The van der Waals surface area contributed by atoms with Crippen molar-refractivity contribution in [3.63, 3.8) is 0 Å². The molecule has 4 rings (SSSR count). The van der Waals surface area contributed by atoms with E-state index in [0.717, 1.165) is 50.9 Å². The summed E-state index contributed by atoms with van der Waals surface area (Å²) in [5, 5.41) is 9.05. The van der Waals surface area contributed by atoms with Gasteiger partial charge in [-0.1, -0.05) is 0 Å². The summed E-state index contributed by atoms with van der Waals surface area (Å²) < 4.78 is 40.0. The predicted molar refractivity (Wildman–Crippen MR) is 130 cm³/mol. The van der Waals surface area contributed by atoms with Crippen LogP contribution < -0.4 is 14.4 Å². The van der Waals surface area contributed by atoms with Gasteiger partial charge in [0.1, 0.15) is 17.4 Å². The third kappa shape index (κ3) is 6.60. The van der Waals surface area contributed by atoms with E-state index in [-0.39, 0.29) is 36.2 Å². The molecule has 2 saturated heterocycles. The zero-order chi connectivity index (χ0) is 25.5. The zero-order valence-corrected chi connectivity index (χ0v) is 20.7. The topological polar surface area (TPSA) is 88.0 Å². The number of benzene rings is 1. The van der Waals surface area contributed by atoms with Gasteiger partial charge >= 0.3 is 0 Å².